The third kappa shape index (κ3) is 9.52. The van der Waals surface area contributed by atoms with E-state index in [1.807, 2.05) is 15.9 Å². The van der Waals surface area contributed by atoms with Crippen LogP contribution < -0.4 is 0 Å². The predicted octanol–water partition coefficient (Wildman–Crippen LogP) is 5.65. The van der Waals surface area contributed by atoms with Crippen LogP contribution in [-0.4, -0.2) is 66.1 Å². The highest BCUT2D eigenvalue weighted by atomic mass is 16.5. The van der Waals surface area contributed by atoms with Crippen molar-refractivity contribution in [3.05, 3.63) is 25.0 Å². The van der Waals surface area contributed by atoms with Crippen LogP contribution in [0.2, 0.25) is 0 Å². The van der Waals surface area contributed by atoms with E-state index in [9.17, 15) is 9.90 Å². The molecule has 1 saturated heterocycles. The lowest BCUT2D eigenvalue weighted by Crippen LogP contribution is -2.42. The third-order valence-electron chi connectivity index (χ3n) is 5.56. The maximum absolute atomic E-state index is 13.3. The number of rotatable bonds is 19. The second-order valence-corrected chi connectivity index (χ2v) is 8.14. The lowest BCUT2D eigenvalue weighted by atomic mass is 10.0. The molecule has 0 radical (unpaired) electrons. The van der Waals surface area contributed by atoms with E-state index in [1.54, 1.807) is 0 Å². The zero-order valence-electron chi connectivity index (χ0n) is 19.3. The number of urea groups is 1. The van der Waals surface area contributed by atoms with Crippen molar-refractivity contribution in [2.75, 3.05) is 33.1 Å². The Labute approximate surface area is 183 Å². The predicted molar refractivity (Wildman–Crippen MR) is 123 cm³/mol. The summed E-state index contributed by atoms with van der Waals surface area (Å²) in [4.78, 5) is 17.1. The normalized spacial score (nSPS) is 18.9. The molecule has 6 heteroatoms. The Morgan fingerprint density at radius 3 is 2.37 bits per heavy atom. The minimum absolute atomic E-state index is 0.0256. The van der Waals surface area contributed by atoms with Gasteiger partial charge in [0.25, 0.3) is 0 Å². The largest absolute Gasteiger partial charge is 0.513 e. The average molecular weight is 425 g/mol. The molecule has 2 unspecified atom stereocenters. The van der Waals surface area contributed by atoms with E-state index in [0.29, 0.717) is 33.0 Å². The standard InChI is InChI=1S/C24H44N2O4/c1-5-8-11-12-16-25-22(15-13-14-21(4)27)23(19-29-17-9-6-2)26(24(25)28)20-30-18-10-7-3/h5,22-23,27H,1,4,6-20H2,2-3H3. The van der Waals surface area contributed by atoms with Crippen LogP contribution in [-0.2, 0) is 9.47 Å². The highest BCUT2D eigenvalue weighted by Gasteiger charge is 2.45. The lowest BCUT2D eigenvalue weighted by molar-refractivity contribution is 0.00725. The van der Waals surface area contributed by atoms with E-state index in [0.717, 1.165) is 64.3 Å². The van der Waals surface area contributed by atoms with Crippen molar-refractivity contribution >= 4 is 6.03 Å². The van der Waals surface area contributed by atoms with Crippen LogP contribution >= 0.6 is 0 Å². The minimum atomic E-state index is -0.0256. The summed E-state index contributed by atoms with van der Waals surface area (Å²) < 4.78 is 11.8. The van der Waals surface area contributed by atoms with E-state index in [-0.39, 0.29) is 23.9 Å². The van der Waals surface area contributed by atoms with Gasteiger partial charge in [-0.1, -0.05) is 39.3 Å². The Balaban J connectivity index is 2.86. The van der Waals surface area contributed by atoms with Gasteiger partial charge in [-0.25, -0.2) is 4.79 Å². The summed E-state index contributed by atoms with van der Waals surface area (Å²) in [6, 6.07) is 0.0846. The molecular weight excluding hydrogens is 380 g/mol. The molecule has 0 aliphatic carbocycles. The van der Waals surface area contributed by atoms with Gasteiger partial charge in [-0.15, -0.1) is 6.58 Å². The van der Waals surface area contributed by atoms with Gasteiger partial charge in [-0.3, -0.25) is 4.90 Å². The Morgan fingerprint density at radius 1 is 1.03 bits per heavy atom. The van der Waals surface area contributed by atoms with Crippen LogP contribution in [0.25, 0.3) is 0 Å². The number of unbranched alkanes of at least 4 members (excludes halogenated alkanes) is 4. The van der Waals surface area contributed by atoms with Crippen molar-refractivity contribution in [1.29, 1.82) is 0 Å². The van der Waals surface area contributed by atoms with Gasteiger partial charge < -0.3 is 19.5 Å². The number of carbonyl (C=O) groups excluding carboxylic acids is 1. The van der Waals surface area contributed by atoms with Crippen molar-refractivity contribution in [3.63, 3.8) is 0 Å². The molecule has 1 fully saturated rings. The summed E-state index contributed by atoms with van der Waals surface area (Å²) in [5.41, 5.74) is 0. The summed E-state index contributed by atoms with van der Waals surface area (Å²) in [5, 5.41) is 9.49. The Kier molecular flexibility index (Phi) is 14.3. The quantitative estimate of drug-likeness (QED) is 0.165. The zero-order chi connectivity index (χ0) is 22.2. The molecule has 30 heavy (non-hydrogen) atoms. The maximum atomic E-state index is 13.3. The van der Waals surface area contributed by atoms with Crippen LogP contribution in [0, 0.1) is 0 Å². The van der Waals surface area contributed by atoms with Crippen molar-refractivity contribution < 1.29 is 19.4 Å². The van der Waals surface area contributed by atoms with Gasteiger partial charge in [0.05, 0.1) is 24.4 Å². The number of allylic oxidation sites excluding steroid dienone is 2. The van der Waals surface area contributed by atoms with Gasteiger partial charge in [0, 0.05) is 26.2 Å². The second kappa shape index (κ2) is 16.2. The van der Waals surface area contributed by atoms with Gasteiger partial charge in [0.1, 0.15) is 6.73 Å². The van der Waals surface area contributed by atoms with Gasteiger partial charge in [0.15, 0.2) is 0 Å². The van der Waals surface area contributed by atoms with E-state index >= 15 is 0 Å². The first kappa shape index (κ1) is 26.5. The van der Waals surface area contributed by atoms with Crippen molar-refractivity contribution in [1.82, 2.24) is 9.80 Å². The molecule has 1 N–H and O–H groups in total. The molecule has 0 saturated carbocycles. The number of nitrogens with zero attached hydrogens (tertiary/aromatic N) is 2. The SMILES string of the molecule is C=CCCCCN1C(=O)N(COCCCC)C(COCCCC)C1CCCC(=C)O. The first-order chi connectivity index (χ1) is 14.6. The van der Waals surface area contributed by atoms with Gasteiger partial charge in [0.2, 0.25) is 0 Å². The lowest BCUT2D eigenvalue weighted by Gasteiger charge is -2.28. The number of aliphatic hydroxyl groups excluding tert-OH is 1. The summed E-state index contributed by atoms with van der Waals surface area (Å²) in [6.07, 6.45) is 11.2. The fraction of sp³-hybridized carbons (Fsp3) is 0.792. The molecule has 2 atom stereocenters. The number of amides is 2. The number of hydrogen-bond donors (Lipinski definition) is 1. The smallest absolute Gasteiger partial charge is 0.322 e. The van der Waals surface area contributed by atoms with Crippen LogP contribution in [0.4, 0.5) is 4.79 Å². The van der Waals surface area contributed by atoms with Gasteiger partial charge >= 0.3 is 6.03 Å². The molecule has 1 heterocycles. The molecule has 6 nitrogen and oxygen atoms in total. The summed E-state index contributed by atoms with van der Waals surface area (Å²) in [7, 11) is 0. The summed E-state index contributed by atoms with van der Waals surface area (Å²) >= 11 is 0. The van der Waals surface area contributed by atoms with E-state index in [1.165, 1.54) is 0 Å². The third-order valence-corrected chi connectivity index (χ3v) is 5.56. The molecule has 0 spiro atoms. The van der Waals surface area contributed by atoms with Crippen molar-refractivity contribution in [2.45, 2.75) is 90.1 Å². The Morgan fingerprint density at radius 2 is 1.73 bits per heavy atom. The highest BCUT2D eigenvalue weighted by molar-refractivity contribution is 5.78. The minimum Gasteiger partial charge on any atom is -0.513 e. The molecule has 0 aromatic carbocycles. The molecule has 0 bridgehead atoms. The van der Waals surface area contributed by atoms with Crippen LogP contribution in [0.15, 0.2) is 25.0 Å². The number of ether oxygens (including phenoxy) is 2. The van der Waals surface area contributed by atoms with E-state index in [4.69, 9.17) is 9.47 Å². The number of aliphatic hydroxyl groups is 1. The summed E-state index contributed by atoms with van der Waals surface area (Å²) in [5.74, 6) is 0.201. The first-order valence-corrected chi connectivity index (χ1v) is 11.8. The number of hydrogen-bond acceptors (Lipinski definition) is 4. The van der Waals surface area contributed by atoms with Crippen LogP contribution in [0.5, 0.6) is 0 Å². The fourth-order valence-electron chi connectivity index (χ4n) is 3.77. The van der Waals surface area contributed by atoms with Gasteiger partial charge in [-0.2, -0.15) is 0 Å². The van der Waals surface area contributed by atoms with E-state index in [2.05, 4.69) is 27.0 Å². The maximum Gasteiger partial charge on any atom is 0.322 e. The molecule has 1 aliphatic rings. The Hall–Kier alpha value is -1.53. The van der Waals surface area contributed by atoms with Gasteiger partial charge in [-0.05, 0) is 44.9 Å². The fourth-order valence-corrected chi connectivity index (χ4v) is 3.77. The number of carbonyl (C=O) groups is 1. The molecule has 1 aliphatic heterocycles. The molecule has 174 valence electrons. The molecule has 0 aromatic heterocycles. The summed E-state index contributed by atoms with van der Waals surface area (Å²) in [6.45, 7) is 14.6. The van der Waals surface area contributed by atoms with Crippen molar-refractivity contribution in [3.8, 4) is 0 Å². The van der Waals surface area contributed by atoms with Crippen LogP contribution in [0.1, 0.15) is 78.1 Å². The molecule has 2 amide bonds. The second-order valence-electron chi connectivity index (χ2n) is 8.14. The van der Waals surface area contributed by atoms with Crippen LogP contribution in [0.3, 0.4) is 0 Å². The zero-order valence-corrected chi connectivity index (χ0v) is 19.3. The van der Waals surface area contributed by atoms with E-state index < -0.39 is 0 Å². The highest BCUT2D eigenvalue weighted by Crippen LogP contribution is 2.28. The monoisotopic (exact) mass is 424 g/mol. The first-order valence-electron chi connectivity index (χ1n) is 11.8. The molecule has 0 aromatic rings. The average Bonchev–Trinajstić information content (AvgIpc) is 2.96. The topological polar surface area (TPSA) is 62.2 Å². The van der Waals surface area contributed by atoms with Crippen molar-refractivity contribution in [2.24, 2.45) is 0 Å². The Bertz CT molecular complexity index is 498. The molecular formula is C24H44N2O4. The molecule has 1 rings (SSSR count).